The highest BCUT2D eigenvalue weighted by molar-refractivity contribution is 5.91. The lowest BCUT2D eigenvalue weighted by molar-refractivity contribution is -0.138. The van der Waals surface area contributed by atoms with Gasteiger partial charge in [-0.3, -0.25) is 10.2 Å². The van der Waals surface area contributed by atoms with Crippen molar-refractivity contribution in [2.45, 2.75) is 77.9 Å². The summed E-state index contributed by atoms with van der Waals surface area (Å²) in [7, 11) is 0. The molecule has 0 unspecified atom stereocenters. The number of pyridine rings is 4. The predicted octanol–water partition coefficient (Wildman–Crippen LogP) is 8.54. The van der Waals surface area contributed by atoms with Gasteiger partial charge in [-0.15, -0.1) is 0 Å². The zero-order chi connectivity index (χ0) is 42.9. The van der Waals surface area contributed by atoms with Gasteiger partial charge in [0.15, 0.2) is 11.3 Å². The maximum absolute atomic E-state index is 13.7. The van der Waals surface area contributed by atoms with Gasteiger partial charge >= 0.3 is 12.4 Å². The van der Waals surface area contributed by atoms with Gasteiger partial charge in [0.05, 0.1) is 34.7 Å². The number of aliphatic hydroxyl groups excluding tert-OH is 2. The smallest absolute Gasteiger partial charge is 0.393 e. The molecule has 4 N–H and O–H groups in total. The van der Waals surface area contributed by atoms with Crippen LogP contribution in [0.25, 0.3) is 44.8 Å². The Kier molecular flexibility index (Phi) is 12.3. The van der Waals surface area contributed by atoms with E-state index in [0.29, 0.717) is 84.6 Å². The van der Waals surface area contributed by atoms with Crippen LogP contribution >= 0.6 is 0 Å². The Balaban J connectivity index is 0.000000181. The van der Waals surface area contributed by atoms with E-state index in [2.05, 4.69) is 68.0 Å². The fourth-order valence-corrected chi connectivity index (χ4v) is 8.28. The Morgan fingerprint density at radius 1 is 0.633 bits per heavy atom. The van der Waals surface area contributed by atoms with Crippen LogP contribution in [0.1, 0.15) is 64.5 Å². The summed E-state index contributed by atoms with van der Waals surface area (Å²) in [5, 5.41) is 35.1. The summed E-state index contributed by atoms with van der Waals surface area (Å²) in [5.74, 6) is 1.89. The van der Waals surface area contributed by atoms with Crippen LogP contribution in [-0.4, -0.2) is 88.9 Å². The molecule has 0 radical (unpaired) electrons. The summed E-state index contributed by atoms with van der Waals surface area (Å²) in [4.78, 5) is 20.9. The van der Waals surface area contributed by atoms with Crippen molar-refractivity contribution < 1.29 is 36.6 Å². The second-order valence-electron chi connectivity index (χ2n) is 16.5. The maximum Gasteiger partial charge on any atom is 0.418 e. The molecule has 2 fully saturated rings. The second kappa shape index (κ2) is 17.3. The zero-order valence-electron chi connectivity index (χ0n) is 33.6. The summed E-state index contributed by atoms with van der Waals surface area (Å²) in [6, 6.07) is 11.6. The molecule has 2 aliphatic rings. The summed E-state index contributed by atoms with van der Waals surface area (Å²) < 4.78 is 82.4. The third-order valence-electron chi connectivity index (χ3n) is 11.1. The minimum absolute atomic E-state index is 0.0588. The number of H-pyrrole nitrogens is 2. The van der Waals surface area contributed by atoms with Gasteiger partial charge in [-0.25, -0.2) is 19.9 Å². The Hall–Kier alpha value is -5.36. The Morgan fingerprint density at radius 2 is 1.03 bits per heavy atom. The number of aliphatic hydroxyl groups is 2. The van der Waals surface area contributed by atoms with Crippen LogP contribution in [0.5, 0.6) is 0 Å². The zero-order valence-corrected chi connectivity index (χ0v) is 33.6. The second-order valence-corrected chi connectivity index (χ2v) is 16.5. The van der Waals surface area contributed by atoms with Crippen molar-refractivity contribution in [3.05, 3.63) is 72.1 Å². The van der Waals surface area contributed by atoms with E-state index < -0.39 is 35.7 Å². The van der Waals surface area contributed by atoms with E-state index in [1.54, 1.807) is 24.3 Å². The number of alkyl halides is 6. The number of fused-ring (bicyclic) bond motifs is 2. The SMILES string of the molecule is CC(C)C[C@@H]1CN(c2ccc(C(F)(F)F)c(-c3[nH]nc4ncccc34)n2)CC[C@H]1O.CC(C)C[C@H]1CN(c2ccc(C(F)(F)F)c(-c3[nH]nc4ncccc34)n2)CC[C@@H]1O. The Morgan fingerprint density at radius 3 is 1.40 bits per heavy atom. The van der Waals surface area contributed by atoms with Crippen LogP contribution in [0.4, 0.5) is 38.0 Å². The molecule has 2 aliphatic heterocycles. The minimum Gasteiger partial charge on any atom is -0.393 e. The molecule has 0 amide bonds. The highest BCUT2D eigenvalue weighted by Crippen LogP contribution is 2.41. The van der Waals surface area contributed by atoms with Gasteiger partial charge in [-0.05, 0) is 86.1 Å². The van der Waals surface area contributed by atoms with Crippen LogP contribution in [0.3, 0.4) is 0 Å². The molecule has 8 rings (SSSR count). The molecular weight excluding hydrogens is 791 g/mol. The van der Waals surface area contributed by atoms with Gasteiger partial charge in [-0.2, -0.15) is 36.5 Å². The normalized spacial score (nSPS) is 20.3. The Labute approximate surface area is 342 Å². The third kappa shape index (κ3) is 9.33. The van der Waals surface area contributed by atoms with Gasteiger partial charge in [0.2, 0.25) is 0 Å². The topological polar surface area (TPSA) is 156 Å². The molecule has 4 atom stereocenters. The summed E-state index contributed by atoms with van der Waals surface area (Å²) >= 11 is 0. The van der Waals surface area contributed by atoms with Crippen LogP contribution in [0, 0.1) is 23.7 Å². The molecular formula is C42H48F6N10O2. The van der Waals surface area contributed by atoms with E-state index in [9.17, 15) is 36.6 Å². The molecule has 2 saturated heterocycles. The van der Waals surface area contributed by atoms with Crippen molar-refractivity contribution in [2.75, 3.05) is 36.0 Å². The van der Waals surface area contributed by atoms with Crippen molar-refractivity contribution in [1.82, 2.24) is 40.3 Å². The molecule has 12 nitrogen and oxygen atoms in total. The summed E-state index contributed by atoms with van der Waals surface area (Å²) in [6.45, 7) is 10.6. The van der Waals surface area contributed by atoms with E-state index in [-0.39, 0.29) is 34.6 Å². The van der Waals surface area contributed by atoms with Gasteiger partial charge in [0, 0.05) is 61.2 Å². The number of anilines is 2. The van der Waals surface area contributed by atoms with Crippen LogP contribution in [-0.2, 0) is 12.4 Å². The van der Waals surface area contributed by atoms with E-state index in [1.165, 1.54) is 24.5 Å². The summed E-state index contributed by atoms with van der Waals surface area (Å²) in [6.07, 6.45) is -4.02. The van der Waals surface area contributed by atoms with Gasteiger partial charge in [0.25, 0.3) is 0 Å². The molecule has 0 saturated carbocycles. The first-order valence-electron chi connectivity index (χ1n) is 20.1. The number of rotatable bonds is 8. The number of nitrogens with one attached hydrogen (secondary N) is 2. The average molecular weight is 839 g/mol. The number of aromatic amines is 2. The number of nitrogens with zero attached hydrogens (tertiary/aromatic N) is 8. The maximum atomic E-state index is 13.7. The molecule has 0 spiro atoms. The van der Waals surface area contributed by atoms with Crippen molar-refractivity contribution in [3.63, 3.8) is 0 Å². The van der Waals surface area contributed by atoms with E-state index in [0.717, 1.165) is 25.0 Å². The van der Waals surface area contributed by atoms with Gasteiger partial charge in [-0.1, -0.05) is 27.7 Å². The first-order chi connectivity index (χ1) is 28.5. The van der Waals surface area contributed by atoms with Gasteiger partial charge in [0.1, 0.15) is 23.0 Å². The molecule has 8 heterocycles. The molecule has 0 bridgehead atoms. The standard InChI is InChI=1S/2C21H24F3N5O/c2*1-12(2)10-13-11-29(9-7-16(13)30)17-6-5-15(21(22,23)24)19(26-17)18-14-4-3-8-25-20(14)28-27-18/h2*3-6,8,12-13,16,30H,7,9-11H2,1-2H3,(H,25,27,28)/t2*13-,16-/m10/s1. The van der Waals surface area contributed by atoms with Crippen molar-refractivity contribution >= 4 is 33.7 Å². The van der Waals surface area contributed by atoms with E-state index in [4.69, 9.17) is 0 Å². The summed E-state index contributed by atoms with van der Waals surface area (Å²) in [5.41, 5.74) is -0.958. The van der Waals surface area contributed by atoms with Crippen molar-refractivity contribution in [1.29, 1.82) is 0 Å². The molecule has 6 aromatic rings. The molecule has 0 aromatic carbocycles. The first kappa shape index (κ1) is 42.8. The number of hydrogen-bond donors (Lipinski definition) is 4. The number of halogens is 6. The number of piperidine rings is 2. The molecule has 60 heavy (non-hydrogen) atoms. The first-order valence-corrected chi connectivity index (χ1v) is 20.1. The van der Waals surface area contributed by atoms with Crippen molar-refractivity contribution in [2.24, 2.45) is 23.7 Å². The molecule has 320 valence electrons. The number of aromatic nitrogens is 8. The molecule has 0 aliphatic carbocycles. The lowest BCUT2D eigenvalue weighted by Crippen LogP contribution is -2.44. The molecule has 6 aromatic heterocycles. The minimum atomic E-state index is -4.56. The lowest BCUT2D eigenvalue weighted by atomic mass is 9.87. The van der Waals surface area contributed by atoms with Crippen LogP contribution < -0.4 is 9.80 Å². The third-order valence-corrected chi connectivity index (χ3v) is 11.1. The quantitative estimate of drug-likeness (QED) is 0.110. The largest absolute Gasteiger partial charge is 0.418 e. The van der Waals surface area contributed by atoms with Crippen LogP contribution in [0.15, 0.2) is 60.9 Å². The highest BCUT2D eigenvalue weighted by Gasteiger charge is 2.38. The van der Waals surface area contributed by atoms with Crippen molar-refractivity contribution in [3.8, 4) is 22.8 Å². The fraction of sp³-hybridized carbons (Fsp3) is 0.476. The average Bonchev–Trinajstić information content (AvgIpc) is 3.83. The number of hydrogen-bond acceptors (Lipinski definition) is 10. The van der Waals surface area contributed by atoms with E-state index in [1.807, 2.05) is 9.80 Å². The predicted molar refractivity (Wildman–Crippen MR) is 216 cm³/mol. The highest BCUT2D eigenvalue weighted by atomic mass is 19.4. The van der Waals surface area contributed by atoms with Gasteiger partial charge < -0.3 is 20.0 Å². The van der Waals surface area contributed by atoms with Crippen LogP contribution in [0.2, 0.25) is 0 Å². The molecule has 18 heteroatoms. The Bertz CT molecular complexity index is 2230. The fourth-order valence-electron chi connectivity index (χ4n) is 8.28. The van der Waals surface area contributed by atoms with E-state index >= 15 is 0 Å². The lowest BCUT2D eigenvalue weighted by Gasteiger charge is -2.38. The monoisotopic (exact) mass is 838 g/mol.